The topological polar surface area (TPSA) is 96.2 Å². The van der Waals surface area contributed by atoms with Gasteiger partial charge in [0.2, 0.25) is 10.0 Å². The molecule has 6 rings (SSSR count). The normalized spacial score (nSPS) is 26.0. The fraction of sp³-hybridized carbons (Fsp3) is 0.632. The second-order valence-electron chi connectivity index (χ2n) is 8.64. The maximum Gasteiger partial charge on any atom is 0.217 e. The first-order valence-corrected chi connectivity index (χ1v) is 11.8. The SMILES string of the molecule is O=S(=O)(C1CC1)N(CC1CC1)C1CCC(c2nnc3cnc4[nH]ccc4n23)C1. The molecule has 3 fully saturated rings. The molecule has 0 bridgehead atoms. The van der Waals surface area contributed by atoms with Crippen LogP contribution in [0, 0.1) is 5.92 Å². The summed E-state index contributed by atoms with van der Waals surface area (Å²) in [6.07, 6.45) is 10.3. The van der Waals surface area contributed by atoms with Gasteiger partial charge in [0.15, 0.2) is 11.3 Å². The number of aromatic amines is 1. The third-order valence-electron chi connectivity index (χ3n) is 6.55. The number of rotatable bonds is 6. The highest BCUT2D eigenvalue weighted by Gasteiger charge is 2.46. The van der Waals surface area contributed by atoms with E-state index in [0.29, 0.717) is 12.5 Å². The van der Waals surface area contributed by atoms with E-state index in [1.54, 1.807) is 6.20 Å². The van der Waals surface area contributed by atoms with Crippen LogP contribution in [-0.2, 0) is 10.0 Å². The third-order valence-corrected chi connectivity index (χ3v) is 8.97. The molecule has 0 aromatic carbocycles. The Balaban J connectivity index is 1.32. The molecular weight excluding hydrogens is 376 g/mol. The second kappa shape index (κ2) is 6.00. The molecule has 8 nitrogen and oxygen atoms in total. The monoisotopic (exact) mass is 400 g/mol. The lowest BCUT2D eigenvalue weighted by Crippen LogP contribution is -2.42. The minimum absolute atomic E-state index is 0.0899. The Bertz CT molecular complexity index is 1140. The van der Waals surface area contributed by atoms with Crippen molar-refractivity contribution in [1.29, 1.82) is 0 Å². The van der Waals surface area contributed by atoms with Gasteiger partial charge in [-0.3, -0.25) is 4.40 Å². The molecule has 0 spiro atoms. The van der Waals surface area contributed by atoms with E-state index < -0.39 is 10.0 Å². The molecular formula is C19H24N6O2S. The minimum atomic E-state index is -3.15. The Morgan fingerprint density at radius 3 is 2.79 bits per heavy atom. The van der Waals surface area contributed by atoms with Crippen molar-refractivity contribution in [2.45, 2.75) is 62.2 Å². The molecule has 3 saturated carbocycles. The molecule has 1 N–H and O–H groups in total. The van der Waals surface area contributed by atoms with Crippen LogP contribution in [0.3, 0.4) is 0 Å². The Hall–Kier alpha value is -2.00. The summed E-state index contributed by atoms with van der Waals surface area (Å²) in [5, 5.41) is 8.65. The molecule has 2 unspecified atom stereocenters. The number of fused-ring (bicyclic) bond motifs is 3. The highest BCUT2D eigenvalue weighted by Crippen LogP contribution is 2.43. The summed E-state index contributed by atoms with van der Waals surface area (Å²) in [7, 11) is -3.15. The molecule has 0 aliphatic heterocycles. The summed E-state index contributed by atoms with van der Waals surface area (Å²) in [6.45, 7) is 0.711. The number of sulfonamides is 1. The predicted molar refractivity (Wildman–Crippen MR) is 104 cm³/mol. The summed E-state index contributed by atoms with van der Waals surface area (Å²) >= 11 is 0. The number of nitrogens with one attached hydrogen (secondary N) is 1. The molecule has 0 saturated heterocycles. The van der Waals surface area contributed by atoms with Crippen LogP contribution in [0.5, 0.6) is 0 Å². The molecule has 3 aliphatic rings. The van der Waals surface area contributed by atoms with Crippen molar-refractivity contribution >= 4 is 26.8 Å². The van der Waals surface area contributed by atoms with Gasteiger partial charge < -0.3 is 4.98 Å². The van der Waals surface area contributed by atoms with E-state index in [0.717, 1.165) is 54.7 Å². The fourth-order valence-electron chi connectivity index (χ4n) is 4.69. The minimum Gasteiger partial charge on any atom is -0.345 e. The summed E-state index contributed by atoms with van der Waals surface area (Å²) < 4.78 is 30.1. The highest BCUT2D eigenvalue weighted by atomic mass is 32.2. The van der Waals surface area contributed by atoms with Crippen LogP contribution in [0.2, 0.25) is 0 Å². The summed E-state index contributed by atoms with van der Waals surface area (Å²) in [5.41, 5.74) is 2.53. The first kappa shape index (κ1) is 16.9. The summed E-state index contributed by atoms with van der Waals surface area (Å²) in [5.74, 6) is 1.71. The van der Waals surface area contributed by atoms with Crippen LogP contribution in [-0.4, -0.2) is 55.1 Å². The maximum atomic E-state index is 13.1. The van der Waals surface area contributed by atoms with E-state index in [1.807, 2.05) is 16.6 Å². The van der Waals surface area contributed by atoms with E-state index in [-0.39, 0.29) is 17.2 Å². The molecule has 3 aliphatic carbocycles. The summed E-state index contributed by atoms with van der Waals surface area (Å²) in [6, 6.07) is 2.08. The van der Waals surface area contributed by atoms with Crippen LogP contribution in [0.25, 0.3) is 16.8 Å². The Morgan fingerprint density at radius 2 is 2.00 bits per heavy atom. The number of nitrogens with zero attached hydrogens (tertiary/aromatic N) is 5. The van der Waals surface area contributed by atoms with E-state index in [4.69, 9.17) is 0 Å². The molecule has 3 heterocycles. The average Bonchev–Trinajstić information content (AvgIpc) is 3.55. The highest BCUT2D eigenvalue weighted by molar-refractivity contribution is 7.90. The Kier molecular flexibility index (Phi) is 3.62. The molecule has 3 aromatic rings. The van der Waals surface area contributed by atoms with Gasteiger partial charge in [0.25, 0.3) is 0 Å². The molecule has 148 valence electrons. The molecule has 2 atom stereocenters. The van der Waals surface area contributed by atoms with E-state index in [9.17, 15) is 8.42 Å². The van der Waals surface area contributed by atoms with Gasteiger partial charge in [-0.15, -0.1) is 10.2 Å². The van der Waals surface area contributed by atoms with E-state index in [1.165, 1.54) is 12.8 Å². The largest absolute Gasteiger partial charge is 0.345 e. The number of H-pyrrole nitrogens is 1. The predicted octanol–water partition coefficient (Wildman–Crippen LogP) is 2.45. The van der Waals surface area contributed by atoms with Crippen molar-refractivity contribution in [1.82, 2.24) is 28.9 Å². The zero-order valence-corrected chi connectivity index (χ0v) is 16.5. The molecule has 3 aromatic heterocycles. The smallest absolute Gasteiger partial charge is 0.217 e. The van der Waals surface area contributed by atoms with E-state index >= 15 is 0 Å². The standard InChI is InChI=1S/C19H24N6O2S/c26-28(27,15-5-6-15)24(11-12-1-2-12)14-4-3-13(9-14)19-23-22-17-10-21-18-16(25(17)19)7-8-20-18/h7-8,10,12-15,20H,1-6,9,11H2. The molecule has 28 heavy (non-hydrogen) atoms. The van der Waals surface area contributed by atoms with Crippen molar-refractivity contribution in [3.05, 3.63) is 24.3 Å². The second-order valence-corrected chi connectivity index (χ2v) is 10.8. The first-order valence-electron chi connectivity index (χ1n) is 10.3. The maximum absolute atomic E-state index is 13.1. The van der Waals surface area contributed by atoms with Gasteiger partial charge in [0.1, 0.15) is 5.82 Å². The van der Waals surface area contributed by atoms with Crippen LogP contribution in [0.4, 0.5) is 0 Å². The van der Waals surface area contributed by atoms with Crippen molar-refractivity contribution in [2.75, 3.05) is 6.54 Å². The number of aromatic nitrogens is 5. The van der Waals surface area contributed by atoms with Gasteiger partial charge in [0, 0.05) is 24.7 Å². The zero-order chi connectivity index (χ0) is 18.9. The molecule has 0 amide bonds. The van der Waals surface area contributed by atoms with Gasteiger partial charge in [-0.05, 0) is 56.9 Å². The van der Waals surface area contributed by atoms with Gasteiger partial charge in [-0.2, -0.15) is 4.31 Å². The molecule has 9 heteroatoms. The Labute approximate surface area is 163 Å². The van der Waals surface area contributed by atoms with Gasteiger partial charge >= 0.3 is 0 Å². The summed E-state index contributed by atoms with van der Waals surface area (Å²) in [4.78, 5) is 7.52. The lowest BCUT2D eigenvalue weighted by molar-refractivity contribution is 0.308. The Morgan fingerprint density at radius 1 is 1.14 bits per heavy atom. The van der Waals surface area contributed by atoms with Gasteiger partial charge in [-0.1, -0.05) is 0 Å². The number of hydrogen-bond acceptors (Lipinski definition) is 5. The third kappa shape index (κ3) is 2.67. The fourth-order valence-corrected chi connectivity index (χ4v) is 6.83. The van der Waals surface area contributed by atoms with Crippen molar-refractivity contribution in [3.63, 3.8) is 0 Å². The number of hydrogen-bond donors (Lipinski definition) is 1. The van der Waals surface area contributed by atoms with Gasteiger partial charge in [-0.25, -0.2) is 13.4 Å². The van der Waals surface area contributed by atoms with Crippen LogP contribution < -0.4 is 0 Å². The quantitative estimate of drug-likeness (QED) is 0.686. The van der Waals surface area contributed by atoms with Crippen LogP contribution in [0.1, 0.15) is 56.7 Å². The average molecular weight is 401 g/mol. The molecule has 0 radical (unpaired) electrons. The van der Waals surface area contributed by atoms with Crippen LogP contribution >= 0.6 is 0 Å². The van der Waals surface area contributed by atoms with Crippen molar-refractivity contribution in [3.8, 4) is 0 Å². The van der Waals surface area contributed by atoms with Crippen molar-refractivity contribution < 1.29 is 8.42 Å². The first-order chi connectivity index (χ1) is 13.6. The van der Waals surface area contributed by atoms with Crippen molar-refractivity contribution in [2.24, 2.45) is 5.92 Å². The van der Waals surface area contributed by atoms with E-state index in [2.05, 4.69) is 24.6 Å². The zero-order valence-electron chi connectivity index (χ0n) is 15.7. The lowest BCUT2D eigenvalue weighted by Gasteiger charge is -2.28. The lowest BCUT2D eigenvalue weighted by atomic mass is 10.1. The van der Waals surface area contributed by atoms with Crippen LogP contribution in [0.15, 0.2) is 18.5 Å². The van der Waals surface area contributed by atoms with Gasteiger partial charge in [0.05, 0.1) is 17.0 Å².